The van der Waals surface area contributed by atoms with E-state index < -0.39 is 0 Å². The third kappa shape index (κ3) is 3.30. The second-order valence-electron chi connectivity index (χ2n) is 8.81. The molecule has 1 aromatic heterocycles. The van der Waals surface area contributed by atoms with Gasteiger partial charge in [-0.3, -0.25) is 4.31 Å². The molecule has 0 bridgehead atoms. The summed E-state index contributed by atoms with van der Waals surface area (Å²) in [7, 11) is 0. The Kier molecular flexibility index (Phi) is 4.83. The van der Waals surface area contributed by atoms with Crippen LogP contribution in [0, 0.1) is 5.41 Å². The number of hydrogen-bond donors (Lipinski definition) is 1. The van der Waals surface area contributed by atoms with E-state index in [4.69, 9.17) is 0 Å². The highest BCUT2D eigenvalue weighted by Crippen LogP contribution is 2.48. The molecule has 1 nitrogen and oxygen atoms in total. The van der Waals surface area contributed by atoms with E-state index in [0.29, 0.717) is 11.3 Å². The summed E-state index contributed by atoms with van der Waals surface area (Å²) >= 11 is 6.60. The van der Waals surface area contributed by atoms with E-state index in [-0.39, 0.29) is 0 Å². The van der Waals surface area contributed by atoms with Crippen LogP contribution in [0.25, 0.3) is 16.0 Å². The van der Waals surface area contributed by atoms with E-state index in [1.165, 1.54) is 52.8 Å². The molecule has 2 heterocycles. The number of benzene rings is 1. The van der Waals surface area contributed by atoms with Gasteiger partial charge >= 0.3 is 0 Å². The monoisotopic (exact) mass is 383 g/mol. The summed E-state index contributed by atoms with van der Waals surface area (Å²) < 4.78 is 2.16. The highest BCUT2D eigenvalue weighted by molar-refractivity contribution is 7.77. The molecule has 1 unspecified atom stereocenters. The summed E-state index contributed by atoms with van der Waals surface area (Å²) in [5.74, 6) is 0.581. The zero-order chi connectivity index (χ0) is 18.5. The largest absolute Gasteiger partial charge is 0.253 e. The summed E-state index contributed by atoms with van der Waals surface area (Å²) in [6, 6.07) is 9.04. The first-order valence-corrected chi connectivity index (χ1v) is 10.9. The first-order chi connectivity index (χ1) is 12.4. The molecule has 1 saturated heterocycles. The number of allylic oxidation sites excluding steroid dienone is 1. The van der Waals surface area contributed by atoms with Crippen LogP contribution in [-0.2, 0) is 12.8 Å². The molecule has 2 aromatic rings. The third-order valence-electron chi connectivity index (χ3n) is 6.01. The molecule has 4 rings (SSSR count). The number of fused-ring (bicyclic) bond motifs is 1. The Hall–Kier alpha value is -1.03. The predicted molar refractivity (Wildman–Crippen MR) is 118 cm³/mol. The highest BCUT2D eigenvalue weighted by atomic mass is 32.1. The lowest BCUT2D eigenvalue weighted by atomic mass is 9.75. The fraction of sp³-hybridized carbons (Fsp3) is 0.478. The number of thiophene rings is 1. The standard InChI is InChI=1S/C23H29NS2/c1-15(2)21-19-13-23(3,4)11-9-20(19)26-22(21)18-8-6-5-7-17(18)16-10-12-24(25)14-16/h5-8,16,25H,1,9-14H2,2-4H3. The molecule has 1 aliphatic heterocycles. The highest BCUT2D eigenvalue weighted by Gasteiger charge is 2.32. The molecule has 1 aliphatic carbocycles. The van der Waals surface area contributed by atoms with Gasteiger partial charge in [0.05, 0.1) is 0 Å². The Balaban J connectivity index is 1.85. The maximum atomic E-state index is 4.58. The van der Waals surface area contributed by atoms with Gasteiger partial charge in [-0.1, -0.05) is 57.5 Å². The van der Waals surface area contributed by atoms with E-state index in [2.05, 4.69) is 68.7 Å². The maximum Gasteiger partial charge on any atom is 0.0426 e. The van der Waals surface area contributed by atoms with Crippen molar-refractivity contribution in [3.8, 4) is 10.4 Å². The smallest absolute Gasteiger partial charge is 0.0426 e. The molecular weight excluding hydrogens is 354 g/mol. The Bertz CT molecular complexity index is 846. The first-order valence-electron chi connectivity index (χ1n) is 9.69. The second-order valence-corrected chi connectivity index (χ2v) is 10.5. The number of hydrogen-bond acceptors (Lipinski definition) is 3. The van der Waals surface area contributed by atoms with Crippen molar-refractivity contribution in [1.29, 1.82) is 0 Å². The van der Waals surface area contributed by atoms with Crippen LogP contribution >= 0.6 is 24.2 Å². The summed E-state index contributed by atoms with van der Waals surface area (Å²) in [5, 5.41) is 0. The predicted octanol–water partition coefficient (Wildman–Crippen LogP) is 6.60. The van der Waals surface area contributed by atoms with Gasteiger partial charge in [-0.05, 0) is 71.8 Å². The topological polar surface area (TPSA) is 3.24 Å². The lowest BCUT2D eigenvalue weighted by Gasteiger charge is -2.30. The molecule has 1 fully saturated rings. The van der Waals surface area contributed by atoms with Crippen LogP contribution in [0.4, 0.5) is 0 Å². The Labute approximate surface area is 167 Å². The van der Waals surface area contributed by atoms with E-state index >= 15 is 0 Å². The molecule has 1 atom stereocenters. The van der Waals surface area contributed by atoms with Gasteiger partial charge in [-0.15, -0.1) is 11.3 Å². The molecule has 138 valence electrons. The Morgan fingerprint density at radius 1 is 1.31 bits per heavy atom. The van der Waals surface area contributed by atoms with Gasteiger partial charge < -0.3 is 0 Å². The number of nitrogens with zero attached hydrogens (tertiary/aromatic N) is 1. The fourth-order valence-electron chi connectivity index (χ4n) is 4.62. The summed E-state index contributed by atoms with van der Waals surface area (Å²) in [6.45, 7) is 13.5. The van der Waals surface area contributed by atoms with Crippen molar-refractivity contribution in [2.45, 2.75) is 52.4 Å². The minimum absolute atomic E-state index is 0.396. The van der Waals surface area contributed by atoms with Crippen LogP contribution < -0.4 is 0 Å². The molecule has 0 radical (unpaired) electrons. The Morgan fingerprint density at radius 3 is 2.77 bits per heavy atom. The van der Waals surface area contributed by atoms with Crippen molar-refractivity contribution < 1.29 is 0 Å². The van der Waals surface area contributed by atoms with E-state index in [9.17, 15) is 0 Å². The zero-order valence-electron chi connectivity index (χ0n) is 16.1. The molecule has 1 aromatic carbocycles. The van der Waals surface area contributed by atoms with Crippen molar-refractivity contribution in [2.75, 3.05) is 13.1 Å². The molecule has 26 heavy (non-hydrogen) atoms. The summed E-state index contributed by atoms with van der Waals surface area (Å²) in [5.41, 5.74) is 7.54. The van der Waals surface area contributed by atoms with Gasteiger partial charge in [0.1, 0.15) is 0 Å². The van der Waals surface area contributed by atoms with Crippen LogP contribution in [0.2, 0.25) is 0 Å². The van der Waals surface area contributed by atoms with Gasteiger partial charge in [-0.25, -0.2) is 0 Å². The molecule has 2 aliphatic rings. The average Bonchev–Trinajstić information content (AvgIpc) is 3.17. The lowest BCUT2D eigenvalue weighted by molar-refractivity contribution is 0.317. The van der Waals surface area contributed by atoms with E-state index in [0.717, 1.165) is 13.1 Å². The van der Waals surface area contributed by atoms with Crippen LogP contribution in [0.5, 0.6) is 0 Å². The van der Waals surface area contributed by atoms with Gasteiger partial charge in [-0.2, -0.15) is 0 Å². The number of thiol groups is 1. The van der Waals surface area contributed by atoms with Crippen molar-refractivity contribution in [1.82, 2.24) is 4.31 Å². The van der Waals surface area contributed by atoms with Gasteiger partial charge in [0.15, 0.2) is 0 Å². The zero-order valence-corrected chi connectivity index (χ0v) is 17.9. The minimum Gasteiger partial charge on any atom is -0.253 e. The summed E-state index contributed by atoms with van der Waals surface area (Å²) in [6.07, 6.45) is 4.87. The van der Waals surface area contributed by atoms with E-state index in [1.807, 2.05) is 11.3 Å². The lowest BCUT2D eigenvalue weighted by Crippen LogP contribution is -2.21. The van der Waals surface area contributed by atoms with Crippen molar-refractivity contribution >= 4 is 29.7 Å². The fourth-order valence-corrected chi connectivity index (χ4v) is 6.37. The molecule has 0 spiro atoms. The van der Waals surface area contributed by atoms with Gasteiger partial charge in [0.2, 0.25) is 0 Å². The number of rotatable bonds is 3. The van der Waals surface area contributed by atoms with Crippen LogP contribution in [0.1, 0.15) is 61.1 Å². The molecular formula is C23H29NS2. The van der Waals surface area contributed by atoms with Gasteiger partial charge in [0, 0.05) is 22.8 Å². The Morgan fingerprint density at radius 2 is 2.08 bits per heavy atom. The quantitative estimate of drug-likeness (QED) is 0.585. The molecule has 3 heteroatoms. The van der Waals surface area contributed by atoms with Crippen LogP contribution in [0.15, 0.2) is 30.8 Å². The normalized spacial score (nSPS) is 22.4. The molecule has 0 amide bonds. The van der Waals surface area contributed by atoms with Crippen molar-refractivity contribution in [3.05, 3.63) is 52.4 Å². The molecule has 0 saturated carbocycles. The number of aryl methyl sites for hydroxylation is 1. The van der Waals surface area contributed by atoms with E-state index in [1.54, 1.807) is 10.4 Å². The second kappa shape index (κ2) is 6.85. The third-order valence-corrected chi connectivity index (χ3v) is 7.70. The van der Waals surface area contributed by atoms with Crippen LogP contribution in [0.3, 0.4) is 0 Å². The van der Waals surface area contributed by atoms with Gasteiger partial charge in [0.25, 0.3) is 0 Å². The first kappa shape index (κ1) is 18.3. The average molecular weight is 384 g/mol. The maximum absolute atomic E-state index is 4.58. The minimum atomic E-state index is 0.396. The molecule has 0 N–H and O–H groups in total. The van der Waals surface area contributed by atoms with Crippen molar-refractivity contribution in [2.24, 2.45) is 5.41 Å². The summed E-state index contributed by atoms with van der Waals surface area (Å²) in [4.78, 5) is 3.04. The van der Waals surface area contributed by atoms with Crippen LogP contribution in [-0.4, -0.2) is 17.4 Å². The SMILES string of the molecule is C=C(C)c1c(-c2ccccc2C2CCN(S)C2)sc2c1CC(C)(C)CC2. The van der Waals surface area contributed by atoms with Crippen molar-refractivity contribution in [3.63, 3.8) is 0 Å².